The van der Waals surface area contributed by atoms with E-state index in [0.29, 0.717) is 10.1 Å². The van der Waals surface area contributed by atoms with E-state index in [1.807, 2.05) is 48.6 Å². The van der Waals surface area contributed by atoms with E-state index >= 15 is 0 Å². The van der Waals surface area contributed by atoms with Crippen molar-refractivity contribution in [3.05, 3.63) is 88.6 Å². The summed E-state index contributed by atoms with van der Waals surface area (Å²) in [5.74, 6) is -0.192. The zero-order chi connectivity index (χ0) is 22.7. The lowest BCUT2D eigenvalue weighted by atomic mass is 10.0. The van der Waals surface area contributed by atoms with Gasteiger partial charge in [0.15, 0.2) is 5.17 Å². The van der Waals surface area contributed by atoms with Gasteiger partial charge in [0, 0.05) is 7.05 Å². The second kappa shape index (κ2) is 9.28. The Bertz CT molecular complexity index is 1160. The highest BCUT2D eigenvalue weighted by molar-refractivity contribution is 8.18. The Kier molecular flexibility index (Phi) is 6.28. The highest BCUT2D eigenvalue weighted by Gasteiger charge is 2.30. The highest BCUT2D eigenvalue weighted by atomic mass is 32.2. The number of hydrogen-bond acceptors (Lipinski definition) is 5. The van der Waals surface area contributed by atoms with Gasteiger partial charge in [0.2, 0.25) is 0 Å². The first kappa shape index (κ1) is 21.6. The summed E-state index contributed by atoms with van der Waals surface area (Å²) in [4.78, 5) is 30.6. The first-order chi connectivity index (χ1) is 15.4. The SMILES string of the molecule is COC1=CCC(N=C2S/C(=C\c3ccc(-c4ccc(C(=O)O)cc4)cc3)C(=O)N2C)C=C1. The molecule has 2 aromatic rings. The molecule has 1 saturated heterocycles. The Balaban J connectivity index is 1.48. The van der Waals surface area contributed by atoms with Crippen LogP contribution in [0.2, 0.25) is 0 Å². The molecule has 1 unspecified atom stereocenters. The lowest BCUT2D eigenvalue weighted by Crippen LogP contribution is -2.25. The second-order valence-corrected chi connectivity index (χ2v) is 8.37. The molecule has 1 amide bonds. The number of likely N-dealkylation sites (N-methyl/N-ethyl adjacent to an activating group) is 1. The van der Waals surface area contributed by atoms with Gasteiger partial charge >= 0.3 is 5.97 Å². The van der Waals surface area contributed by atoms with Gasteiger partial charge in [0.25, 0.3) is 5.91 Å². The third-order valence-electron chi connectivity index (χ3n) is 5.23. The molecule has 1 fully saturated rings. The number of thioether (sulfide) groups is 1. The number of aromatic carboxylic acids is 1. The normalized spacial score (nSPS) is 20.7. The Labute approximate surface area is 190 Å². The Hall–Kier alpha value is -3.58. The summed E-state index contributed by atoms with van der Waals surface area (Å²) in [6, 6.07) is 14.5. The maximum Gasteiger partial charge on any atom is 0.335 e. The van der Waals surface area contributed by atoms with Gasteiger partial charge in [-0.1, -0.05) is 42.5 Å². The van der Waals surface area contributed by atoms with Gasteiger partial charge in [-0.05, 0) is 65.2 Å². The minimum atomic E-state index is -0.944. The molecule has 0 bridgehead atoms. The summed E-state index contributed by atoms with van der Waals surface area (Å²) in [6.45, 7) is 0. The van der Waals surface area contributed by atoms with Crippen molar-refractivity contribution < 1.29 is 19.4 Å². The van der Waals surface area contributed by atoms with Gasteiger partial charge in [-0.2, -0.15) is 0 Å². The Morgan fingerprint density at radius 1 is 1.16 bits per heavy atom. The largest absolute Gasteiger partial charge is 0.497 e. The summed E-state index contributed by atoms with van der Waals surface area (Å²) in [5.41, 5.74) is 3.07. The molecular formula is C25H22N2O4S. The van der Waals surface area contributed by atoms with E-state index in [1.54, 1.807) is 43.3 Å². The molecule has 2 aromatic carbocycles. The standard InChI is InChI=1S/C25H22N2O4S/c1-27-23(28)22(32-25(27)26-20-11-13-21(31-2)14-12-20)15-16-3-5-17(6-4-16)18-7-9-19(10-8-18)24(29)30/h3-11,13-15,20H,12H2,1-2H3,(H,29,30)/b22-15-,26-25?. The monoisotopic (exact) mass is 446 g/mol. The number of rotatable bonds is 5. The topological polar surface area (TPSA) is 79.2 Å². The number of benzene rings is 2. The minimum absolute atomic E-state index is 0.0159. The zero-order valence-corrected chi connectivity index (χ0v) is 18.5. The van der Waals surface area contributed by atoms with Crippen LogP contribution in [0.5, 0.6) is 0 Å². The van der Waals surface area contributed by atoms with E-state index in [0.717, 1.165) is 28.9 Å². The van der Waals surface area contributed by atoms with Gasteiger partial charge < -0.3 is 9.84 Å². The smallest absolute Gasteiger partial charge is 0.335 e. The van der Waals surface area contributed by atoms with Crippen LogP contribution in [0.4, 0.5) is 0 Å². The summed E-state index contributed by atoms with van der Waals surface area (Å²) in [7, 11) is 3.38. The van der Waals surface area contributed by atoms with Gasteiger partial charge in [-0.15, -0.1) is 0 Å². The number of carbonyl (C=O) groups is 2. The van der Waals surface area contributed by atoms with Crippen LogP contribution in [0.3, 0.4) is 0 Å². The van der Waals surface area contributed by atoms with E-state index in [4.69, 9.17) is 14.8 Å². The van der Waals surface area contributed by atoms with Crippen molar-refractivity contribution in [1.29, 1.82) is 0 Å². The van der Waals surface area contributed by atoms with Crippen LogP contribution in [0.15, 0.2) is 82.4 Å². The fourth-order valence-corrected chi connectivity index (χ4v) is 4.40. The van der Waals surface area contributed by atoms with Crippen molar-refractivity contribution in [3.63, 3.8) is 0 Å². The van der Waals surface area contributed by atoms with E-state index < -0.39 is 5.97 Å². The van der Waals surface area contributed by atoms with Crippen molar-refractivity contribution in [2.24, 2.45) is 4.99 Å². The maximum atomic E-state index is 12.7. The van der Waals surface area contributed by atoms with Gasteiger partial charge in [0.1, 0.15) is 5.76 Å². The molecule has 6 nitrogen and oxygen atoms in total. The fourth-order valence-electron chi connectivity index (χ4n) is 3.37. The first-order valence-corrected chi connectivity index (χ1v) is 10.9. The first-order valence-electron chi connectivity index (χ1n) is 10.1. The lowest BCUT2D eigenvalue weighted by molar-refractivity contribution is -0.121. The molecule has 1 atom stereocenters. The number of hydrogen-bond donors (Lipinski definition) is 1. The number of amides is 1. The van der Waals surface area contributed by atoms with Crippen LogP contribution < -0.4 is 0 Å². The van der Waals surface area contributed by atoms with Crippen molar-refractivity contribution in [3.8, 4) is 11.1 Å². The molecule has 1 N–H and O–H groups in total. The molecule has 32 heavy (non-hydrogen) atoms. The van der Waals surface area contributed by atoms with E-state index in [2.05, 4.69) is 0 Å². The van der Waals surface area contributed by atoms with E-state index in [1.165, 1.54) is 11.8 Å². The molecule has 7 heteroatoms. The average molecular weight is 447 g/mol. The molecule has 0 aromatic heterocycles. The van der Waals surface area contributed by atoms with Crippen molar-refractivity contribution in [2.75, 3.05) is 14.2 Å². The van der Waals surface area contributed by atoms with Crippen molar-refractivity contribution >= 4 is 34.9 Å². The molecule has 4 rings (SSSR count). The number of carbonyl (C=O) groups excluding carboxylic acids is 1. The van der Waals surface area contributed by atoms with Crippen LogP contribution in [-0.2, 0) is 9.53 Å². The zero-order valence-electron chi connectivity index (χ0n) is 17.7. The Morgan fingerprint density at radius 3 is 2.38 bits per heavy atom. The summed E-state index contributed by atoms with van der Waals surface area (Å²) >= 11 is 1.37. The highest BCUT2D eigenvalue weighted by Crippen LogP contribution is 2.33. The van der Waals surface area contributed by atoms with Gasteiger partial charge in [0.05, 0.1) is 23.6 Å². The van der Waals surface area contributed by atoms with E-state index in [-0.39, 0.29) is 17.5 Å². The summed E-state index contributed by atoms with van der Waals surface area (Å²) in [6.07, 6.45) is 8.47. The number of ether oxygens (including phenoxy) is 1. The Morgan fingerprint density at radius 2 is 1.81 bits per heavy atom. The minimum Gasteiger partial charge on any atom is -0.497 e. The van der Waals surface area contributed by atoms with Crippen LogP contribution in [0, 0.1) is 0 Å². The van der Waals surface area contributed by atoms with Gasteiger partial charge in [-0.25, -0.2) is 4.79 Å². The van der Waals surface area contributed by atoms with E-state index in [9.17, 15) is 9.59 Å². The molecule has 162 valence electrons. The molecule has 1 aliphatic heterocycles. The summed E-state index contributed by atoms with van der Waals surface area (Å²) in [5, 5.41) is 9.71. The number of allylic oxidation sites excluding steroid dienone is 1. The quantitative estimate of drug-likeness (QED) is 0.667. The van der Waals surface area contributed by atoms with Crippen molar-refractivity contribution in [1.82, 2.24) is 4.90 Å². The van der Waals surface area contributed by atoms with Crippen molar-refractivity contribution in [2.45, 2.75) is 12.5 Å². The second-order valence-electron chi connectivity index (χ2n) is 7.36. The van der Waals surface area contributed by atoms with Crippen LogP contribution in [0.1, 0.15) is 22.3 Å². The number of carboxylic acids is 1. The molecule has 0 spiro atoms. The van der Waals surface area contributed by atoms with Gasteiger partial charge in [-0.3, -0.25) is 14.7 Å². The van der Waals surface area contributed by atoms with Crippen LogP contribution >= 0.6 is 11.8 Å². The molecule has 0 saturated carbocycles. The fraction of sp³-hybridized carbons (Fsp3) is 0.160. The molecule has 1 aliphatic carbocycles. The molecular weight excluding hydrogens is 424 g/mol. The number of nitrogens with zero attached hydrogens (tertiary/aromatic N) is 2. The average Bonchev–Trinajstić information content (AvgIpc) is 3.08. The summed E-state index contributed by atoms with van der Waals surface area (Å²) < 4.78 is 5.21. The van der Waals surface area contributed by atoms with Crippen LogP contribution in [0.25, 0.3) is 17.2 Å². The van der Waals surface area contributed by atoms with Crippen LogP contribution in [-0.4, -0.2) is 47.2 Å². The predicted molar refractivity (Wildman–Crippen MR) is 127 cm³/mol. The number of aliphatic imine (C=N–C) groups is 1. The third kappa shape index (κ3) is 4.68. The number of methoxy groups -OCH3 is 1. The number of carboxylic acid groups (broad SMARTS) is 1. The predicted octanol–water partition coefficient (Wildman–Crippen LogP) is 4.81. The molecule has 1 heterocycles. The molecule has 0 radical (unpaired) electrons. The number of amidine groups is 1. The maximum absolute atomic E-state index is 12.7. The third-order valence-corrected chi connectivity index (χ3v) is 6.31. The lowest BCUT2D eigenvalue weighted by Gasteiger charge is -2.14. The molecule has 2 aliphatic rings.